The van der Waals surface area contributed by atoms with Crippen molar-refractivity contribution in [1.29, 1.82) is 0 Å². The summed E-state index contributed by atoms with van der Waals surface area (Å²) in [7, 11) is 0. The normalized spacial score (nSPS) is 10.8. The van der Waals surface area contributed by atoms with E-state index in [1.54, 1.807) is 6.20 Å². The van der Waals surface area contributed by atoms with Gasteiger partial charge in [0.2, 0.25) is 0 Å². The summed E-state index contributed by atoms with van der Waals surface area (Å²) in [6.45, 7) is -0.161. The number of ether oxygens (including phenoxy) is 1. The first-order valence-corrected chi connectivity index (χ1v) is 8.88. The van der Waals surface area contributed by atoms with Crippen molar-refractivity contribution in [2.75, 3.05) is 6.54 Å². The third-order valence-electron chi connectivity index (χ3n) is 3.52. The molecule has 0 fully saturated rings. The molecule has 3 rings (SSSR count). The molecule has 2 aromatic carbocycles. The van der Waals surface area contributed by atoms with E-state index in [1.807, 2.05) is 30.3 Å². The molecule has 24 heavy (non-hydrogen) atoms. The minimum absolute atomic E-state index is 0.161. The Morgan fingerprint density at radius 1 is 1.08 bits per heavy atom. The van der Waals surface area contributed by atoms with Crippen molar-refractivity contribution in [2.45, 2.75) is 6.42 Å². The fraction of sp³-hybridized carbons (Fsp3) is 0.111. The molecule has 0 aliphatic rings. The second-order valence-corrected chi connectivity index (χ2v) is 6.98. The highest BCUT2D eigenvalue weighted by atomic mass is 79.9. The lowest BCUT2D eigenvalue weighted by Gasteiger charge is -2.11. The van der Waals surface area contributed by atoms with E-state index in [1.165, 1.54) is 5.56 Å². The quantitative estimate of drug-likeness (QED) is 0.478. The molecular weight excluding hydrogens is 436 g/mol. The number of hydrogen-bond acceptors (Lipinski definition) is 4. The summed E-state index contributed by atoms with van der Waals surface area (Å²) >= 11 is 6.90. The number of carbonyl (C=O) groups excluding carboxylic acids is 1. The molecular formula is C18H14Br2N2O2. The summed E-state index contributed by atoms with van der Waals surface area (Å²) in [6.07, 6.45) is 2.55. The predicted molar refractivity (Wildman–Crippen MR) is 101 cm³/mol. The molecule has 0 bridgehead atoms. The molecule has 0 atom stereocenters. The Hall–Kier alpha value is -1.76. The lowest BCUT2D eigenvalue weighted by molar-refractivity contribution is -0.132. The summed E-state index contributed by atoms with van der Waals surface area (Å²) in [5, 5.41) is 1.11. The maximum atomic E-state index is 11.4. The standard InChI is InChI=1S/C18H14Br2N2O2/c19-14-8-12(9-15(20)18(14)24-17(23)10-21)6-11-3-4-16-13(7-11)2-1-5-22-16/h1-5,7-9H,6,10,21H2. The molecule has 6 heteroatoms. The summed E-state index contributed by atoms with van der Waals surface area (Å²) in [6, 6.07) is 14.1. The highest BCUT2D eigenvalue weighted by Crippen LogP contribution is 2.35. The number of nitrogens with zero attached hydrogens (tertiary/aromatic N) is 1. The number of carbonyl (C=O) groups is 1. The molecule has 3 aromatic rings. The highest BCUT2D eigenvalue weighted by molar-refractivity contribution is 9.11. The van der Waals surface area contributed by atoms with Gasteiger partial charge < -0.3 is 10.5 Å². The first-order chi connectivity index (χ1) is 11.6. The summed E-state index contributed by atoms with van der Waals surface area (Å²) in [5.41, 5.74) is 8.54. The van der Waals surface area contributed by atoms with Crippen molar-refractivity contribution in [3.05, 3.63) is 68.7 Å². The molecule has 0 amide bonds. The van der Waals surface area contributed by atoms with Crippen LogP contribution in [0.1, 0.15) is 11.1 Å². The van der Waals surface area contributed by atoms with Crippen LogP contribution in [-0.4, -0.2) is 17.5 Å². The van der Waals surface area contributed by atoms with Gasteiger partial charge in [0.1, 0.15) is 0 Å². The zero-order valence-corrected chi connectivity index (χ0v) is 15.8. The van der Waals surface area contributed by atoms with E-state index >= 15 is 0 Å². The van der Waals surface area contributed by atoms with E-state index in [0.717, 1.165) is 22.9 Å². The average Bonchev–Trinajstić information content (AvgIpc) is 2.58. The van der Waals surface area contributed by atoms with Crippen LogP contribution in [0.3, 0.4) is 0 Å². The van der Waals surface area contributed by atoms with Crippen LogP contribution in [0.15, 0.2) is 57.6 Å². The number of esters is 1. The number of benzene rings is 2. The van der Waals surface area contributed by atoms with Crippen LogP contribution in [0.4, 0.5) is 0 Å². The number of pyridine rings is 1. The van der Waals surface area contributed by atoms with E-state index in [4.69, 9.17) is 10.5 Å². The minimum Gasteiger partial charge on any atom is -0.423 e. The Morgan fingerprint density at radius 2 is 1.83 bits per heavy atom. The Balaban J connectivity index is 1.87. The zero-order valence-electron chi connectivity index (χ0n) is 12.6. The van der Waals surface area contributed by atoms with Crippen LogP contribution in [0.5, 0.6) is 5.75 Å². The van der Waals surface area contributed by atoms with Gasteiger partial charge in [-0.2, -0.15) is 0 Å². The van der Waals surface area contributed by atoms with E-state index in [9.17, 15) is 4.79 Å². The van der Waals surface area contributed by atoms with Crippen molar-refractivity contribution in [3.8, 4) is 5.75 Å². The maximum Gasteiger partial charge on any atom is 0.325 e. The topological polar surface area (TPSA) is 65.2 Å². The second kappa shape index (κ2) is 7.42. The van der Waals surface area contributed by atoms with Crippen LogP contribution < -0.4 is 10.5 Å². The van der Waals surface area contributed by atoms with Crippen LogP contribution in [-0.2, 0) is 11.2 Å². The summed E-state index contributed by atoms with van der Waals surface area (Å²) in [5.74, 6) is -0.0388. The van der Waals surface area contributed by atoms with Crippen molar-refractivity contribution in [1.82, 2.24) is 4.98 Å². The molecule has 1 aromatic heterocycles. The van der Waals surface area contributed by atoms with E-state index in [0.29, 0.717) is 14.7 Å². The molecule has 122 valence electrons. The number of hydrogen-bond donors (Lipinski definition) is 1. The van der Waals surface area contributed by atoms with E-state index < -0.39 is 5.97 Å². The fourth-order valence-corrected chi connectivity index (χ4v) is 3.88. The van der Waals surface area contributed by atoms with Gasteiger partial charge in [0.05, 0.1) is 21.0 Å². The maximum absolute atomic E-state index is 11.4. The van der Waals surface area contributed by atoms with Gasteiger partial charge in [-0.25, -0.2) is 0 Å². The van der Waals surface area contributed by atoms with Gasteiger partial charge in [-0.15, -0.1) is 0 Å². The fourth-order valence-electron chi connectivity index (χ4n) is 2.44. The number of fused-ring (bicyclic) bond motifs is 1. The molecule has 0 saturated carbocycles. The van der Waals surface area contributed by atoms with Gasteiger partial charge in [0.25, 0.3) is 0 Å². The third-order valence-corrected chi connectivity index (χ3v) is 4.69. The van der Waals surface area contributed by atoms with E-state index in [2.05, 4.69) is 49.0 Å². The molecule has 0 radical (unpaired) electrons. The number of rotatable bonds is 4. The lowest BCUT2D eigenvalue weighted by atomic mass is 10.0. The Labute approximate surface area is 156 Å². The first-order valence-electron chi connectivity index (χ1n) is 7.29. The Morgan fingerprint density at radius 3 is 2.54 bits per heavy atom. The van der Waals surface area contributed by atoms with Gasteiger partial charge in [0, 0.05) is 11.6 Å². The van der Waals surface area contributed by atoms with Crippen LogP contribution >= 0.6 is 31.9 Å². The molecule has 2 N–H and O–H groups in total. The summed E-state index contributed by atoms with van der Waals surface area (Å²) in [4.78, 5) is 15.7. The molecule has 0 spiro atoms. The van der Waals surface area contributed by atoms with Crippen molar-refractivity contribution >= 4 is 48.7 Å². The van der Waals surface area contributed by atoms with Crippen molar-refractivity contribution in [3.63, 3.8) is 0 Å². The van der Waals surface area contributed by atoms with E-state index in [-0.39, 0.29) is 6.54 Å². The average molecular weight is 450 g/mol. The van der Waals surface area contributed by atoms with Gasteiger partial charge in [0.15, 0.2) is 5.75 Å². The Bertz CT molecular complexity index is 889. The number of aromatic nitrogens is 1. The SMILES string of the molecule is NCC(=O)Oc1c(Br)cc(Cc2ccc3ncccc3c2)cc1Br. The van der Waals surface area contributed by atoms with Gasteiger partial charge in [-0.1, -0.05) is 12.1 Å². The molecule has 4 nitrogen and oxygen atoms in total. The molecule has 0 aliphatic carbocycles. The lowest BCUT2D eigenvalue weighted by Crippen LogP contribution is -2.19. The monoisotopic (exact) mass is 448 g/mol. The van der Waals surface area contributed by atoms with Crippen LogP contribution in [0, 0.1) is 0 Å². The first kappa shape index (κ1) is 17.1. The largest absolute Gasteiger partial charge is 0.423 e. The van der Waals surface area contributed by atoms with Crippen LogP contribution in [0.2, 0.25) is 0 Å². The van der Waals surface area contributed by atoms with Crippen molar-refractivity contribution in [2.24, 2.45) is 5.73 Å². The van der Waals surface area contributed by atoms with Crippen molar-refractivity contribution < 1.29 is 9.53 Å². The zero-order chi connectivity index (χ0) is 17.1. The molecule has 0 aliphatic heterocycles. The molecule has 0 unspecified atom stereocenters. The predicted octanol–water partition coefficient (Wildman–Crippen LogP) is 4.21. The minimum atomic E-state index is -0.480. The van der Waals surface area contributed by atoms with Gasteiger partial charge in [-0.3, -0.25) is 9.78 Å². The molecule has 1 heterocycles. The number of nitrogens with two attached hydrogens (primary N) is 1. The summed E-state index contributed by atoms with van der Waals surface area (Å²) < 4.78 is 6.63. The van der Waals surface area contributed by atoms with Gasteiger partial charge >= 0.3 is 5.97 Å². The van der Waals surface area contributed by atoms with Crippen LogP contribution in [0.25, 0.3) is 10.9 Å². The molecule has 0 saturated heterocycles. The third kappa shape index (κ3) is 3.83. The van der Waals surface area contributed by atoms with Gasteiger partial charge in [-0.05, 0) is 79.7 Å². The second-order valence-electron chi connectivity index (χ2n) is 5.27. The smallest absolute Gasteiger partial charge is 0.325 e. The number of halogens is 2. The Kier molecular flexibility index (Phi) is 5.28. The highest BCUT2D eigenvalue weighted by Gasteiger charge is 2.13.